The monoisotopic (exact) mass is 225 g/mol. The number of nitrogens with one attached hydrogen (secondary N) is 1. The van der Waals surface area contributed by atoms with Crippen molar-refractivity contribution in [2.24, 2.45) is 0 Å². The van der Waals surface area contributed by atoms with Gasteiger partial charge in [0.05, 0.1) is 28.6 Å². The van der Waals surface area contributed by atoms with Gasteiger partial charge in [-0.05, 0) is 0 Å². The van der Waals surface area contributed by atoms with E-state index in [0.29, 0.717) is 6.61 Å². The van der Waals surface area contributed by atoms with Gasteiger partial charge < -0.3 is 8.27 Å². The van der Waals surface area contributed by atoms with E-state index in [0.717, 1.165) is 5.70 Å². The largest absolute Gasteiger partial charge is 0.456 e. The molecule has 0 aromatic carbocycles. The average Bonchev–Trinajstić information content (AvgIpc) is 2.14. The molecule has 0 saturated carbocycles. The molecule has 0 saturated heterocycles. The lowest BCUT2D eigenvalue weighted by Crippen LogP contribution is -1.98. The van der Waals surface area contributed by atoms with Crippen molar-refractivity contribution in [3.8, 4) is 0 Å². The Morgan fingerprint density at radius 1 is 1.88 bits per heavy atom. The molecule has 1 heterocycles. The number of ether oxygens (including phenoxy) is 1. The first-order valence-corrected chi connectivity index (χ1v) is 3.15. The summed E-state index contributed by atoms with van der Waals surface area (Å²) in [4.78, 5) is 10.3. The number of rotatable bonds is 1. The molecule has 1 aliphatic heterocycles. The zero-order chi connectivity index (χ0) is 5.98. The molecule has 0 spiro atoms. The summed E-state index contributed by atoms with van der Waals surface area (Å²) < 4.78 is 7.34. The van der Waals surface area contributed by atoms with Crippen LogP contribution in [0.3, 0.4) is 0 Å². The van der Waals surface area contributed by atoms with Crippen LogP contribution in [-0.4, -0.2) is 12.6 Å². The number of carbonyl (C=O) groups excluding carboxylic acids is 1. The average molecular weight is 225 g/mol. The molecule has 4 heteroatoms. The second-order valence-electron chi connectivity index (χ2n) is 1.37. The zero-order valence-electron chi connectivity index (χ0n) is 3.98. The molecule has 0 fully saturated rings. The first kappa shape index (κ1) is 5.87. The van der Waals surface area contributed by atoms with Gasteiger partial charge in [0.15, 0.2) is 0 Å². The summed E-state index contributed by atoms with van der Waals surface area (Å²) in [6, 6.07) is 0. The summed E-state index contributed by atoms with van der Waals surface area (Å²) in [7, 11) is 0. The van der Waals surface area contributed by atoms with Gasteiger partial charge in [-0.25, -0.2) is 4.79 Å². The van der Waals surface area contributed by atoms with Gasteiger partial charge in [-0.2, -0.15) is 0 Å². The first-order valence-electron chi connectivity index (χ1n) is 2.07. The van der Waals surface area contributed by atoms with Crippen LogP contribution in [0.25, 0.3) is 0 Å². The molecule has 0 amide bonds. The van der Waals surface area contributed by atoms with Crippen LogP contribution in [0.5, 0.6) is 0 Å². The molecule has 8 heavy (non-hydrogen) atoms. The summed E-state index contributed by atoms with van der Waals surface area (Å²) in [5.74, 6) is -0.260. The molecular weight excluding hydrogens is 221 g/mol. The molecule has 0 radical (unpaired) electrons. The van der Waals surface area contributed by atoms with Gasteiger partial charge in [-0.1, -0.05) is 0 Å². The summed E-state index contributed by atoms with van der Waals surface area (Å²) in [6.07, 6.45) is 1.44. The van der Waals surface area contributed by atoms with Crippen LogP contribution >= 0.6 is 22.9 Å². The zero-order valence-corrected chi connectivity index (χ0v) is 6.14. The van der Waals surface area contributed by atoms with E-state index in [1.54, 1.807) is 0 Å². The minimum Gasteiger partial charge on any atom is -0.456 e. The standard InChI is InChI=1S/C4H4INO2/c5-6-3-1-4(7)8-2-3/h1,6H,2H2. The van der Waals surface area contributed by atoms with E-state index >= 15 is 0 Å². The molecule has 0 atom stereocenters. The van der Waals surface area contributed by atoms with Crippen molar-refractivity contribution in [2.45, 2.75) is 0 Å². The number of halogens is 1. The minimum absolute atomic E-state index is 0.260. The molecule has 44 valence electrons. The minimum atomic E-state index is -0.260. The number of carbonyl (C=O) groups is 1. The van der Waals surface area contributed by atoms with Gasteiger partial charge in [0.25, 0.3) is 0 Å². The summed E-state index contributed by atoms with van der Waals surface area (Å²) in [5, 5.41) is 0. The van der Waals surface area contributed by atoms with E-state index in [1.807, 2.05) is 22.9 Å². The maximum atomic E-state index is 10.3. The van der Waals surface area contributed by atoms with E-state index < -0.39 is 0 Å². The van der Waals surface area contributed by atoms with Crippen molar-refractivity contribution in [3.63, 3.8) is 0 Å². The Bertz CT molecular complexity index is 143. The fourth-order valence-electron chi connectivity index (χ4n) is 0.429. The SMILES string of the molecule is O=C1C=C(NI)CO1. The van der Waals surface area contributed by atoms with Crippen molar-refractivity contribution >= 4 is 28.8 Å². The molecule has 0 aromatic rings. The van der Waals surface area contributed by atoms with Crippen molar-refractivity contribution in [1.82, 2.24) is 3.53 Å². The fourth-order valence-corrected chi connectivity index (χ4v) is 0.740. The number of hydrogen-bond acceptors (Lipinski definition) is 3. The molecule has 3 nitrogen and oxygen atoms in total. The Morgan fingerprint density at radius 2 is 2.62 bits per heavy atom. The van der Waals surface area contributed by atoms with Crippen molar-refractivity contribution in [3.05, 3.63) is 11.8 Å². The highest BCUT2D eigenvalue weighted by Gasteiger charge is 2.10. The summed E-state index contributed by atoms with van der Waals surface area (Å²) >= 11 is 1.95. The third-order valence-corrected chi connectivity index (χ3v) is 1.48. The van der Waals surface area contributed by atoms with Gasteiger partial charge in [0.1, 0.15) is 6.61 Å². The lowest BCUT2D eigenvalue weighted by molar-refractivity contribution is -0.134. The first-order chi connectivity index (χ1) is 3.83. The smallest absolute Gasteiger partial charge is 0.333 e. The Morgan fingerprint density at radius 3 is 2.88 bits per heavy atom. The predicted octanol–water partition coefficient (Wildman–Crippen LogP) is 0.367. The van der Waals surface area contributed by atoms with Crippen LogP contribution in [0.2, 0.25) is 0 Å². The van der Waals surface area contributed by atoms with Gasteiger partial charge in [0, 0.05) is 6.08 Å². The van der Waals surface area contributed by atoms with E-state index in [4.69, 9.17) is 0 Å². The lowest BCUT2D eigenvalue weighted by atomic mass is 10.5. The van der Waals surface area contributed by atoms with Crippen LogP contribution in [0.4, 0.5) is 0 Å². The summed E-state index contributed by atoms with van der Waals surface area (Å²) in [5.41, 5.74) is 0.829. The van der Waals surface area contributed by atoms with Crippen molar-refractivity contribution < 1.29 is 9.53 Å². The second-order valence-corrected chi connectivity index (χ2v) is 1.91. The molecule has 1 rings (SSSR count). The molecule has 0 unspecified atom stereocenters. The van der Waals surface area contributed by atoms with Crippen LogP contribution < -0.4 is 3.53 Å². The molecular formula is C4H4INO2. The normalized spacial score (nSPS) is 17.6. The molecule has 0 aromatic heterocycles. The van der Waals surface area contributed by atoms with Gasteiger partial charge in [0.2, 0.25) is 0 Å². The van der Waals surface area contributed by atoms with Gasteiger partial charge in [-0.3, -0.25) is 0 Å². The predicted molar refractivity (Wildman–Crippen MR) is 36.2 cm³/mol. The van der Waals surface area contributed by atoms with E-state index in [2.05, 4.69) is 8.27 Å². The lowest BCUT2D eigenvalue weighted by Gasteiger charge is -1.91. The van der Waals surface area contributed by atoms with Crippen molar-refractivity contribution in [2.75, 3.05) is 6.61 Å². The Kier molecular flexibility index (Phi) is 1.72. The van der Waals surface area contributed by atoms with Crippen LogP contribution in [0, 0.1) is 0 Å². The third kappa shape index (κ3) is 1.12. The molecule has 1 N–H and O–H groups in total. The summed E-state index contributed by atoms with van der Waals surface area (Å²) in [6.45, 7) is 0.391. The Hall–Kier alpha value is -0.260. The Balaban J connectivity index is 2.57. The number of esters is 1. The Labute approximate surface area is 60.6 Å². The molecule has 0 bridgehead atoms. The number of hydrogen-bond donors (Lipinski definition) is 1. The van der Waals surface area contributed by atoms with E-state index in [1.165, 1.54) is 6.08 Å². The van der Waals surface area contributed by atoms with E-state index in [9.17, 15) is 4.79 Å². The maximum Gasteiger partial charge on any atom is 0.333 e. The van der Waals surface area contributed by atoms with Gasteiger partial charge in [-0.15, -0.1) is 0 Å². The third-order valence-electron chi connectivity index (χ3n) is 0.783. The molecule has 0 aliphatic carbocycles. The second kappa shape index (κ2) is 2.34. The van der Waals surface area contributed by atoms with Crippen LogP contribution in [0.1, 0.15) is 0 Å². The van der Waals surface area contributed by atoms with Crippen LogP contribution in [0.15, 0.2) is 11.8 Å². The van der Waals surface area contributed by atoms with Crippen molar-refractivity contribution in [1.29, 1.82) is 0 Å². The quantitative estimate of drug-likeness (QED) is 0.398. The fraction of sp³-hybridized carbons (Fsp3) is 0.250. The topological polar surface area (TPSA) is 38.3 Å². The highest BCUT2D eigenvalue weighted by atomic mass is 127. The number of cyclic esters (lactones) is 1. The highest BCUT2D eigenvalue weighted by molar-refractivity contribution is 14.1. The van der Waals surface area contributed by atoms with E-state index in [-0.39, 0.29) is 5.97 Å². The maximum absolute atomic E-state index is 10.3. The van der Waals surface area contributed by atoms with Crippen LogP contribution in [-0.2, 0) is 9.53 Å². The molecule has 1 aliphatic rings. The van der Waals surface area contributed by atoms with Gasteiger partial charge >= 0.3 is 5.97 Å². The highest BCUT2D eigenvalue weighted by Crippen LogP contribution is 2.02.